The van der Waals surface area contributed by atoms with E-state index in [4.69, 9.17) is 14.2 Å². The fourth-order valence-corrected chi connectivity index (χ4v) is 4.34. The van der Waals surface area contributed by atoms with Crippen LogP contribution in [-0.2, 0) is 30.4 Å². The van der Waals surface area contributed by atoms with E-state index in [0.29, 0.717) is 19.3 Å². The maximum Gasteiger partial charge on any atom is 0.407 e. The number of nitrogens with one attached hydrogen (secondary N) is 1. The number of amides is 1. The number of hydrogen-bond donors (Lipinski definition) is 1. The smallest absolute Gasteiger partial charge is 0.407 e. The van der Waals surface area contributed by atoms with E-state index in [1.54, 1.807) is 20.8 Å². The summed E-state index contributed by atoms with van der Waals surface area (Å²) < 4.78 is 16.8. The number of rotatable bonds is 7. The molecule has 0 aromatic heterocycles. The number of carbonyl (C=O) groups excluding carboxylic acids is 3. The lowest BCUT2D eigenvalue weighted by molar-refractivity contribution is -0.175. The first kappa shape index (κ1) is 23.1. The molecule has 170 valence electrons. The second-order valence-electron chi connectivity index (χ2n) is 9.67. The highest BCUT2D eigenvalue weighted by Crippen LogP contribution is 2.51. The van der Waals surface area contributed by atoms with Crippen LogP contribution < -0.4 is 5.32 Å². The Kier molecular flexibility index (Phi) is 6.92. The second kappa shape index (κ2) is 9.28. The van der Waals surface area contributed by atoms with Gasteiger partial charge in [-0.2, -0.15) is 0 Å². The molecule has 31 heavy (non-hydrogen) atoms. The van der Waals surface area contributed by atoms with Gasteiger partial charge in [0.05, 0.1) is 0 Å². The summed E-state index contributed by atoms with van der Waals surface area (Å²) in [5, 5.41) is 2.88. The Morgan fingerprint density at radius 3 is 2.39 bits per heavy atom. The van der Waals surface area contributed by atoms with Crippen molar-refractivity contribution < 1.29 is 28.6 Å². The van der Waals surface area contributed by atoms with Crippen molar-refractivity contribution in [3.63, 3.8) is 0 Å². The average Bonchev–Trinajstić information content (AvgIpc) is 3.43. The fraction of sp³-hybridized carbons (Fsp3) is 0.625. The van der Waals surface area contributed by atoms with E-state index in [1.807, 2.05) is 30.3 Å². The molecule has 1 aromatic carbocycles. The van der Waals surface area contributed by atoms with Crippen molar-refractivity contribution in [1.82, 2.24) is 5.32 Å². The van der Waals surface area contributed by atoms with Crippen molar-refractivity contribution in [3.05, 3.63) is 35.9 Å². The van der Waals surface area contributed by atoms with Crippen LogP contribution in [0.2, 0.25) is 0 Å². The van der Waals surface area contributed by atoms with Gasteiger partial charge in [-0.3, -0.25) is 9.59 Å². The molecule has 0 heterocycles. The van der Waals surface area contributed by atoms with Crippen LogP contribution in [0.4, 0.5) is 4.79 Å². The Bertz CT molecular complexity index is 798. The van der Waals surface area contributed by atoms with Crippen molar-refractivity contribution >= 4 is 18.0 Å². The van der Waals surface area contributed by atoms with Crippen molar-refractivity contribution in [2.45, 2.75) is 84.2 Å². The predicted molar refractivity (Wildman–Crippen MR) is 114 cm³/mol. The largest absolute Gasteiger partial charge is 0.461 e. The molecule has 2 aliphatic rings. The summed E-state index contributed by atoms with van der Waals surface area (Å²) >= 11 is 0. The molecule has 2 aliphatic carbocycles. The first-order valence-electron chi connectivity index (χ1n) is 11.0. The molecule has 0 spiro atoms. The quantitative estimate of drug-likeness (QED) is 0.515. The van der Waals surface area contributed by atoms with Crippen LogP contribution in [0.25, 0.3) is 0 Å². The minimum Gasteiger partial charge on any atom is -0.461 e. The van der Waals surface area contributed by atoms with Crippen molar-refractivity contribution in [2.24, 2.45) is 11.3 Å². The van der Waals surface area contributed by atoms with Gasteiger partial charge in [0, 0.05) is 13.0 Å². The van der Waals surface area contributed by atoms with Crippen LogP contribution in [0.1, 0.15) is 65.4 Å². The summed E-state index contributed by atoms with van der Waals surface area (Å²) in [6, 6.07) is 9.22. The third kappa shape index (κ3) is 6.21. The zero-order valence-corrected chi connectivity index (χ0v) is 18.8. The maximum atomic E-state index is 13.4. The molecular weight excluding hydrogens is 398 g/mol. The summed E-state index contributed by atoms with van der Waals surface area (Å²) in [7, 11) is 0. The third-order valence-electron chi connectivity index (χ3n) is 5.78. The molecule has 1 amide bonds. The van der Waals surface area contributed by atoms with E-state index in [9.17, 15) is 14.4 Å². The Balaban J connectivity index is 1.76. The Hall–Kier alpha value is -2.57. The van der Waals surface area contributed by atoms with E-state index in [2.05, 4.69) is 5.32 Å². The van der Waals surface area contributed by atoms with Crippen molar-refractivity contribution in [1.29, 1.82) is 0 Å². The molecule has 0 saturated heterocycles. The number of alkyl carbamates (subject to hydrolysis) is 1. The molecule has 0 aliphatic heterocycles. The van der Waals surface area contributed by atoms with E-state index in [-0.39, 0.29) is 24.5 Å². The Morgan fingerprint density at radius 1 is 1.13 bits per heavy atom. The van der Waals surface area contributed by atoms with Crippen LogP contribution in [0.3, 0.4) is 0 Å². The molecule has 7 nitrogen and oxygen atoms in total. The lowest BCUT2D eigenvalue weighted by Gasteiger charge is -2.35. The summed E-state index contributed by atoms with van der Waals surface area (Å²) in [4.78, 5) is 37.5. The molecule has 3 atom stereocenters. The fourth-order valence-electron chi connectivity index (χ4n) is 4.34. The average molecular weight is 432 g/mol. The SMILES string of the molecule is CC(=O)OC(C1CC1)[C@]1(C(=O)OCc2ccccc2)CC[C@@H](NC(=O)OC(C)(C)C)C1. The van der Waals surface area contributed by atoms with Crippen molar-refractivity contribution in [3.8, 4) is 0 Å². The standard InChI is InChI=1S/C24H33NO6/c1-16(26)30-20(18-10-11-18)24(21(27)29-15-17-8-6-5-7-9-17)13-12-19(14-24)25-22(28)31-23(2,3)4/h5-9,18-20H,10-15H2,1-4H3,(H,25,28)/t19-,20?,24+/m1/s1. The van der Waals surface area contributed by atoms with E-state index < -0.39 is 29.2 Å². The zero-order valence-electron chi connectivity index (χ0n) is 18.8. The van der Waals surface area contributed by atoms with Gasteiger partial charge in [0.25, 0.3) is 0 Å². The third-order valence-corrected chi connectivity index (χ3v) is 5.78. The van der Waals surface area contributed by atoms with Gasteiger partial charge in [-0.25, -0.2) is 4.79 Å². The minimum atomic E-state index is -0.971. The van der Waals surface area contributed by atoms with Gasteiger partial charge in [0.2, 0.25) is 0 Å². The highest BCUT2D eigenvalue weighted by Gasteiger charge is 2.58. The Labute approximate surface area is 183 Å². The molecule has 1 unspecified atom stereocenters. The van der Waals surface area contributed by atoms with Crippen LogP contribution in [-0.4, -0.2) is 35.8 Å². The molecule has 2 fully saturated rings. The number of esters is 2. The number of benzene rings is 1. The monoisotopic (exact) mass is 431 g/mol. The molecule has 0 radical (unpaired) electrons. The summed E-state index contributed by atoms with van der Waals surface area (Å²) in [6.45, 7) is 6.93. The lowest BCUT2D eigenvalue weighted by atomic mass is 9.77. The minimum absolute atomic E-state index is 0.147. The molecule has 1 aromatic rings. The molecule has 1 N–H and O–H groups in total. The summed E-state index contributed by atoms with van der Waals surface area (Å²) in [6.07, 6.45) is 2.19. The van der Waals surface area contributed by atoms with Crippen LogP contribution in [0.15, 0.2) is 30.3 Å². The van der Waals surface area contributed by atoms with Gasteiger partial charge in [-0.15, -0.1) is 0 Å². The topological polar surface area (TPSA) is 90.9 Å². The van der Waals surface area contributed by atoms with Gasteiger partial charge in [0.1, 0.15) is 23.7 Å². The van der Waals surface area contributed by atoms with Gasteiger partial charge in [0.15, 0.2) is 0 Å². The van der Waals surface area contributed by atoms with Crippen molar-refractivity contribution in [2.75, 3.05) is 0 Å². The second-order valence-corrected chi connectivity index (χ2v) is 9.67. The first-order valence-corrected chi connectivity index (χ1v) is 11.0. The molecule has 0 bridgehead atoms. The molecular formula is C24H33NO6. The van der Waals surface area contributed by atoms with E-state index in [0.717, 1.165) is 18.4 Å². The number of carbonyl (C=O) groups is 3. The first-order chi connectivity index (χ1) is 14.6. The summed E-state index contributed by atoms with van der Waals surface area (Å²) in [5.41, 5.74) is -0.688. The number of ether oxygens (including phenoxy) is 3. The van der Waals surface area contributed by atoms with Gasteiger partial charge < -0.3 is 19.5 Å². The Morgan fingerprint density at radius 2 is 1.81 bits per heavy atom. The van der Waals surface area contributed by atoms with Crippen LogP contribution in [0.5, 0.6) is 0 Å². The highest BCUT2D eigenvalue weighted by atomic mass is 16.6. The van der Waals surface area contributed by atoms with Gasteiger partial charge in [-0.1, -0.05) is 30.3 Å². The molecule has 2 saturated carbocycles. The summed E-state index contributed by atoms with van der Waals surface area (Å²) in [5.74, 6) is -0.632. The molecule has 7 heteroatoms. The highest BCUT2D eigenvalue weighted by molar-refractivity contribution is 5.79. The van der Waals surface area contributed by atoms with E-state index in [1.165, 1.54) is 6.92 Å². The predicted octanol–water partition coefficient (Wildman–Crippen LogP) is 4.14. The van der Waals surface area contributed by atoms with Gasteiger partial charge in [-0.05, 0) is 64.4 Å². The van der Waals surface area contributed by atoms with E-state index >= 15 is 0 Å². The van der Waals surface area contributed by atoms with Crippen LogP contribution in [0, 0.1) is 11.3 Å². The zero-order chi connectivity index (χ0) is 22.6. The van der Waals surface area contributed by atoms with Crippen LogP contribution >= 0.6 is 0 Å². The lowest BCUT2D eigenvalue weighted by Crippen LogP contribution is -2.47. The number of hydrogen-bond acceptors (Lipinski definition) is 6. The normalized spacial score (nSPS) is 24.2. The maximum absolute atomic E-state index is 13.4. The molecule has 3 rings (SSSR count). The van der Waals surface area contributed by atoms with Gasteiger partial charge >= 0.3 is 18.0 Å².